The summed E-state index contributed by atoms with van der Waals surface area (Å²) in [5.74, 6) is 0.351. The molecular weight excluding hydrogens is 512 g/mol. The third kappa shape index (κ3) is 10.4. The van der Waals surface area contributed by atoms with Crippen LogP contribution in [0.1, 0.15) is 105 Å². The Morgan fingerprint density at radius 2 is 1.58 bits per heavy atom. The molecule has 1 aromatic heterocycles. The van der Waals surface area contributed by atoms with Crippen LogP contribution >= 0.6 is 22.9 Å². The van der Waals surface area contributed by atoms with Gasteiger partial charge in [-0.15, -0.1) is 0 Å². The van der Waals surface area contributed by atoms with Crippen molar-refractivity contribution in [3.05, 3.63) is 75.2 Å². The maximum Gasteiger partial charge on any atom is 0.259 e. The number of hydrogen-bond donors (Lipinski definition) is 1. The zero-order valence-corrected chi connectivity index (χ0v) is 24.7. The average molecular weight is 556 g/mol. The number of nitrogens with one attached hydrogen (secondary N) is 1. The van der Waals surface area contributed by atoms with Gasteiger partial charge in [0.2, 0.25) is 5.01 Å². The van der Waals surface area contributed by atoms with Crippen molar-refractivity contribution in [1.29, 1.82) is 0 Å². The first-order valence-corrected chi connectivity index (χ1v) is 15.6. The molecule has 0 atom stereocenters. The molecule has 0 spiro atoms. The third-order valence-electron chi connectivity index (χ3n) is 6.93. The number of aryl methyl sites for hydroxylation is 1. The molecule has 4 nitrogen and oxygen atoms in total. The van der Waals surface area contributed by atoms with E-state index in [2.05, 4.69) is 35.3 Å². The van der Waals surface area contributed by atoms with E-state index in [0.29, 0.717) is 29.5 Å². The highest BCUT2D eigenvalue weighted by Crippen LogP contribution is 2.26. The summed E-state index contributed by atoms with van der Waals surface area (Å²) in [5.41, 5.74) is 2.36. The molecule has 2 aromatic carbocycles. The van der Waals surface area contributed by atoms with Crippen LogP contribution in [0.2, 0.25) is 5.02 Å². The summed E-state index contributed by atoms with van der Waals surface area (Å²) >= 11 is 7.96. The van der Waals surface area contributed by atoms with E-state index in [4.69, 9.17) is 16.3 Å². The number of ether oxygens (including phenoxy) is 1. The Balaban J connectivity index is 1.43. The van der Waals surface area contributed by atoms with Crippen molar-refractivity contribution >= 4 is 34.5 Å². The number of benzene rings is 2. The Hall–Kier alpha value is -2.37. The van der Waals surface area contributed by atoms with E-state index in [-0.39, 0.29) is 5.91 Å². The lowest BCUT2D eigenvalue weighted by molar-refractivity contribution is -0.689. The van der Waals surface area contributed by atoms with E-state index in [1.807, 2.05) is 24.3 Å². The number of carbonyl (C=O) groups excluding carboxylic acids is 1. The number of unbranched alkanes of at least 4 members (excludes halogenated alkanes) is 11. The van der Waals surface area contributed by atoms with Gasteiger partial charge in [-0.2, -0.15) is 4.57 Å². The van der Waals surface area contributed by atoms with E-state index < -0.39 is 0 Å². The molecule has 38 heavy (non-hydrogen) atoms. The number of rotatable bonds is 18. The Morgan fingerprint density at radius 3 is 2.24 bits per heavy atom. The third-order valence-corrected chi connectivity index (χ3v) is 8.00. The molecule has 0 fully saturated rings. The normalized spacial score (nSPS) is 11.0. The standard InChI is InChI=1S/C32H43ClN2O2S/c1-3-4-5-6-7-8-9-10-11-12-13-16-22-37-31-24-28(33)19-20-29(31)32(36)34-30-18-15-14-17-27(30)25-35-21-23-38-26(35)2/h14-15,17-21,23-24H,3-13,16,22,25H2,1-2H3/p+1. The molecule has 0 aliphatic heterocycles. The molecule has 0 radical (unpaired) electrons. The first-order valence-electron chi connectivity index (χ1n) is 14.3. The van der Waals surface area contributed by atoms with Crippen LogP contribution in [-0.2, 0) is 6.54 Å². The van der Waals surface area contributed by atoms with Gasteiger partial charge in [-0.3, -0.25) is 4.79 Å². The van der Waals surface area contributed by atoms with Crippen LogP contribution in [0.25, 0.3) is 0 Å². The zero-order valence-electron chi connectivity index (χ0n) is 23.1. The minimum Gasteiger partial charge on any atom is -0.493 e. The lowest BCUT2D eigenvalue weighted by atomic mass is 10.1. The number of para-hydroxylation sites is 1. The zero-order chi connectivity index (χ0) is 27.0. The number of nitrogens with zero attached hydrogens (tertiary/aromatic N) is 1. The fraction of sp³-hybridized carbons (Fsp3) is 0.500. The summed E-state index contributed by atoms with van der Waals surface area (Å²) in [5, 5.41) is 6.95. The largest absolute Gasteiger partial charge is 0.493 e. The summed E-state index contributed by atoms with van der Waals surface area (Å²) in [6.45, 7) is 5.65. The van der Waals surface area contributed by atoms with Gasteiger partial charge in [-0.05, 0) is 30.7 Å². The molecular formula is C32H44ClN2O2S+. The minimum atomic E-state index is -0.189. The van der Waals surface area contributed by atoms with Crippen LogP contribution in [0.3, 0.4) is 0 Å². The van der Waals surface area contributed by atoms with Crippen molar-refractivity contribution in [2.24, 2.45) is 0 Å². The van der Waals surface area contributed by atoms with Crippen LogP contribution in [0.4, 0.5) is 5.69 Å². The van der Waals surface area contributed by atoms with Crippen LogP contribution in [0.15, 0.2) is 54.0 Å². The predicted octanol–water partition coefficient (Wildman–Crippen LogP) is 9.38. The highest BCUT2D eigenvalue weighted by atomic mass is 35.5. The maximum atomic E-state index is 13.3. The van der Waals surface area contributed by atoms with Crippen molar-refractivity contribution < 1.29 is 14.1 Å². The number of aromatic nitrogens is 1. The molecule has 3 rings (SSSR count). The quantitative estimate of drug-likeness (QED) is 0.125. The van der Waals surface area contributed by atoms with Crippen LogP contribution in [0.5, 0.6) is 5.75 Å². The topological polar surface area (TPSA) is 42.2 Å². The van der Waals surface area contributed by atoms with Gasteiger partial charge in [0, 0.05) is 17.5 Å². The molecule has 0 aliphatic rings. The highest BCUT2D eigenvalue weighted by molar-refractivity contribution is 7.09. The molecule has 1 N–H and O–H groups in total. The fourth-order valence-electron chi connectivity index (χ4n) is 4.62. The SMILES string of the molecule is CCCCCCCCCCCCCCOc1cc(Cl)ccc1C(=O)Nc1ccccc1C[n+]1ccsc1C. The van der Waals surface area contributed by atoms with Crippen molar-refractivity contribution in [3.63, 3.8) is 0 Å². The molecule has 0 saturated heterocycles. The van der Waals surface area contributed by atoms with Gasteiger partial charge >= 0.3 is 0 Å². The van der Waals surface area contributed by atoms with E-state index >= 15 is 0 Å². The average Bonchev–Trinajstić information content (AvgIpc) is 3.32. The van der Waals surface area contributed by atoms with E-state index in [1.54, 1.807) is 29.5 Å². The molecule has 0 unspecified atom stereocenters. The number of hydrogen-bond acceptors (Lipinski definition) is 3. The molecule has 206 valence electrons. The van der Waals surface area contributed by atoms with E-state index in [9.17, 15) is 4.79 Å². The van der Waals surface area contributed by atoms with Gasteiger partial charge in [0.25, 0.3) is 5.91 Å². The van der Waals surface area contributed by atoms with Crippen molar-refractivity contribution in [3.8, 4) is 5.75 Å². The van der Waals surface area contributed by atoms with Gasteiger partial charge in [0.15, 0.2) is 12.7 Å². The van der Waals surface area contributed by atoms with Crippen LogP contribution < -0.4 is 14.6 Å². The summed E-state index contributed by atoms with van der Waals surface area (Å²) in [6.07, 6.45) is 17.7. The summed E-state index contributed by atoms with van der Waals surface area (Å²) in [4.78, 5) is 13.3. The number of anilines is 1. The number of halogens is 1. The Morgan fingerprint density at radius 1 is 0.921 bits per heavy atom. The maximum absolute atomic E-state index is 13.3. The molecule has 0 bridgehead atoms. The monoisotopic (exact) mass is 555 g/mol. The Kier molecular flexibility index (Phi) is 13.7. The first-order chi connectivity index (χ1) is 18.6. The van der Waals surface area contributed by atoms with Gasteiger partial charge in [0.1, 0.15) is 5.75 Å². The molecule has 0 saturated carbocycles. The Labute approximate surface area is 238 Å². The molecule has 3 aromatic rings. The fourth-order valence-corrected chi connectivity index (χ4v) is 5.45. The summed E-state index contributed by atoms with van der Waals surface area (Å²) in [6, 6.07) is 13.2. The molecule has 1 amide bonds. The second-order valence-corrected chi connectivity index (χ2v) is 11.6. The lowest BCUT2D eigenvalue weighted by Gasteiger charge is -2.14. The first kappa shape index (κ1) is 30.2. The van der Waals surface area contributed by atoms with Gasteiger partial charge in [0.05, 0.1) is 23.2 Å². The molecule has 0 aliphatic carbocycles. The second-order valence-electron chi connectivity index (χ2n) is 10.0. The Bertz CT molecular complexity index is 1110. The molecule has 6 heteroatoms. The van der Waals surface area contributed by atoms with Crippen molar-refractivity contribution in [2.45, 2.75) is 97.4 Å². The summed E-state index contributed by atoms with van der Waals surface area (Å²) in [7, 11) is 0. The van der Waals surface area contributed by atoms with Gasteiger partial charge in [-0.1, -0.05) is 119 Å². The van der Waals surface area contributed by atoms with E-state index in [1.165, 1.54) is 69.2 Å². The molecule has 1 heterocycles. The minimum absolute atomic E-state index is 0.189. The summed E-state index contributed by atoms with van der Waals surface area (Å²) < 4.78 is 8.23. The highest BCUT2D eigenvalue weighted by Gasteiger charge is 2.17. The van der Waals surface area contributed by atoms with Crippen LogP contribution in [-0.4, -0.2) is 12.5 Å². The van der Waals surface area contributed by atoms with Crippen molar-refractivity contribution in [1.82, 2.24) is 0 Å². The van der Waals surface area contributed by atoms with E-state index in [0.717, 1.165) is 24.1 Å². The lowest BCUT2D eigenvalue weighted by Crippen LogP contribution is -2.34. The van der Waals surface area contributed by atoms with Gasteiger partial charge < -0.3 is 10.1 Å². The van der Waals surface area contributed by atoms with Crippen molar-refractivity contribution in [2.75, 3.05) is 11.9 Å². The number of thiazole rings is 1. The smallest absolute Gasteiger partial charge is 0.259 e. The van der Waals surface area contributed by atoms with Crippen LogP contribution in [0, 0.1) is 6.92 Å². The number of amides is 1. The predicted molar refractivity (Wildman–Crippen MR) is 161 cm³/mol. The van der Waals surface area contributed by atoms with Gasteiger partial charge in [-0.25, -0.2) is 0 Å². The number of carbonyl (C=O) groups is 1. The second kappa shape index (κ2) is 17.3.